The summed E-state index contributed by atoms with van der Waals surface area (Å²) in [5, 5.41) is 3.36. The molecule has 0 aliphatic rings. The highest BCUT2D eigenvalue weighted by Gasteiger charge is 1.93. The van der Waals surface area contributed by atoms with Crippen LogP contribution in [0.1, 0.15) is 38.2 Å². The average molecular weight is 209 g/mol. The van der Waals surface area contributed by atoms with Crippen molar-refractivity contribution in [1.29, 1.82) is 0 Å². The standard InChI is InChI=1S/C13H20FN/c1-2-3-4-5-10-15-11-12-6-8-13(14)9-7-12/h6-9,15H,2-5,10-11H2,1H3. The van der Waals surface area contributed by atoms with E-state index >= 15 is 0 Å². The van der Waals surface area contributed by atoms with Crippen LogP contribution in [-0.4, -0.2) is 6.54 Å². The predicted octanol–water partition coefficient (Wildman–Crippen LogP) is 3.50. The normalized spacial score (nSPS) is 10.5. The highest BCUT2D eigenvalue weighted by atomic mass is 19.1. The van der Waals surface area contributed by atoms with Gasteiger partial charge in [0, 0.05) is 6.54 Å². The van der Waals surface area contributed by atoms with Crippen LogP contribution in [0.15, 0.2) is 24.3 Å². The fourth-order valence-corrected chi connectivity index (χ4v) is 1.51. The van der Waals surface area contributed by atoms with Gasteiger partial charge in [0.1, 0.15) is 5.82 Å². The number of unbranched alkanes of at least 4 members (excludes halogenated alkanes) is 3. The van der Waals surface area contributed by atoms with Crippen molar-refractivity contribution in [2.75, 3.05) is 6.54 Å². The average Bonchev–Trinajstić information content (AvgIpc) is 2.26. The van der Waals surface area contributed by atoms with Gasteiger partial charge in [-0.3, -0.25) is 0 Å². The molecular weight excluding hydrogens is 189 g/mol. The smallest absolute Gasteiger partial charge is 0.123 e. The molecular formula is C13H20FN. The third kappa shape index (κ3) is 5.53. The first-order valence-electron chi connectivity index (χ1n) is 5.78. The number of hydrogen-bond donors (Lipinski definition) is 1. The minimum absolute atomic E-state index is 0.165. The van der Waals surface area contributed by atoms with Crippen molar-refractivity contribution >= 4 is 0 Å². The minimum atomic E-state index is -0.165. The Morgan fingerprint density at radius 3 is 2.47 bits per heavy atom. The minimum Gasteiger partial charge on any atom is -0.313 e. The second-order valence-electron chi connectivity index (χ2n) is 3.86. The van der Waals surface area contributed by atoms with E-state index in [0.717, 1.165) is 18.7 Å². The molecule has 0 saturated heterocycles. The Morgan fingerprint density at radius 1 is 1.07 bits per heavy atom. The summed E-state index contributed by atoms with van der Waals surface area (Å²) in [6, 6.07) is 6.67. The maximum Gasteiger partial charge on any atom is 0.123 e. The largest absolute Gasteiger partial charge is 0.313 e. The summed E-state index contributed by atoms with van der Waals surface area (Å²) in [4.78, 5) is 0. The molecule has 0 aromatic heterocycles. The molecule has 0 radical (unpaired) electrons. The summed E-state index contributed by atoms with van der Waals surface area (Å²) in [5.41, 5.74) is 1.15. The first-order chi connectivity index (χ1) is 7.33. The summed E-state index contributed by atoms with van der Waals surface area (Å²) in [6.07, 6.45) is 5.12. The highest BCUT2D eigenvalue weighted by molar-refractivity contribution is 5.15. The molecule has 1 aromatic carbocycles. The number of hydrogen-bond acceptors (Lipinski definition) is 1. The van der Waals surface area contributed by atoms with Crippen LogP contribution in [0.5, 0.6) is 0 Å². The van der Waals surface area contributed by atoms with Gasteiger partial charge in [-0.2, -0.15) is 0 Å². The zero-order valence-corrected chi connectivity index (χ0v) is 9.43. The summed E-state index contributed by atoms with van der Waals surface area (Å²) < 4.78 is 12.6. The fraction of sp³-hybridized carbons (Fsp3) is 0.538. The van der Waals surface area contributed by atoms with Gasteiger partial charge in [0.2, 0.25) is 0 Å². The van der Waals surface area contributed by atoms with Crippen molar-refractivity contribution in [3.05, 3.63) is 35.6 Å². The number of rotatable bonds is 7. The van der Waals surface area contributed by atoms with E-state index in [2.05, 4.69) is 12.2 Å². The highest BCUT2D eigenvalue weighted by Crippen LogP contribution is 2.02. The zero-order valence-electron chi connectivity index (χ0n) is 9.43. The Morgan fingerprint density at radius 2 is 1.80 bits per heavy atom. The van der Waals surface area contributed by atoms with Crippen LogP contribution >= 0.6 is 0 Å². The van der Waals surface area contributed by atoms with Crippen molar-refractivity contribution in [2.24, 2.45) is 0 Å². The molecule has 1 aromatic rings. The maximum absolute atomic E-state index is 12.6. The van der Waals surface area contributed by atoms with E-state index in [1.807, 2.05) is 12.1 Å². The summed E-state index contributed by atoms with van der Waals surface area (Å²) in [5.74, 6) is -0.165. The molecule has 0 heterocycles. The third-order valence-corrected chi connectivity index (χ3v) is 2.45. The summed E-state index contributed by atoms with van der Waals surface area (Å²) >= 11 is 0. The van der Waals surface area contributed by atoms with E-state index in [1.165, 1.54) is 37.8 Å². The summed E-state index contributed by atoms with van der Waals surface area (Å²) in [7, 11) is 0. The van der Waals surface area contributed by atoms with E-state index in [4.69, 9.17) is 0 Å². The van der Waals surface area contributed by atoms with Crippen LogP contribution in [0.2, 0.25) is 0 Å². The van der Waals surface area contributed by atoms with E-state index in [9.17, 15) is 4.39 Å². The molecule has 0 atom stereocenters. The van der Waals surface area contributed by atoms with E-state index < -0.39 is 0 Å². The van der Waals surface area contributed by atoms with Crippen LogP contribution in [-0.2, 0) is 6.54 Å². The molecule has 2 heteroatoms. The van der Waals surface area contributed by atoms with Gasteiger partial charge in [-0.15, -0.1) is 0 Å². The SMILES string of the molecule is CCCCCCNCc1ccc(F)cc1. The van der Waals surface area contributed by atoms with Crippen molar-refractivity contribution < 1.29 is 4.39 Å². The molecule has 1 N–H and O–H groups in total. The van der Waals surface area contributed by atoms with Gasteiger partial charge in [0.25, 0.3) is 0 Å². The summed E-state index contributed by atoms with van der Waals surface area (Å²) in [6.45, 7) is 4.11. The van der Waals surface area contributed by atoms with Gasteiger partial charge in [-0.25, -0.2) is 4.39 Å². The van der Waals surface area contributed by atoms with Gasteiger partial charge < -0.3 is 5.32 Å². The first kappa shape index (κ1) is 12.2. The molecule has 1 rings (SSSR count). The monoisotopic (exact) mass is 209 g/mol. The lowest BCUT2D eigenvalue weighted by atomic mass is 10.2. The molecule has 0 fully saturated rings. The molecule has 0 spiro atoms. The van der Waals surface area contributed by atoms with Crippen molar-refractivity contribution in [3.8, 4) is 0 Å². The predicted molar refractivity (Wildman–Crippen MR) is 62.2 cm³/mol. The third-order valence-electron chi connectivity index (χ3n) is 2.45. The van der Waals surface area contributed by atoms with Crippen molar-refractivity contribution in [3.63, 3.8) is 0 Å². The number of halogens is 1. The van der Waals surface area contributed by atoms with Gasteiger partial charge in [-0.05, 0) is 30.7 Å². The van der Waals surface area contributed by atoms with Crippen molar-refractivity contribution in [1.82, 2.24) is 5.32 Å². The molecule has 0 unspecified atom stereocenters. The second-order valence-corrected chi connectivity index (χ2v) is 3.86. The molecule has 1 nitrogen and oxygen atoms in total. The number of nitrogens with one attached hydrogen (secondary N) is 1. The topological polar surface area (TPSA) is 12.0 Å². The van der Waals surface area contributed by atoms with Crippen molar-refractivity contribution in [2.45, 2.75) is 39.2 Å². The Kier molecular flexibility index (Phi) is 6.02. The fourth-order valence-electron chi connectivity index (χ4n) is 1.51. The Labute approximate surface area is 91.7 Å². The van der Waals surface area contributed by atoms with E-state index in [-0.39, 0.29) is 5.82 Å². The van der Waals surface area contributed by atoms with Gasteiger partial charge >= 0.3 is 0 Å². The molecule has 0 aliphatic heterocycles. The molecule has 15 heavy (non-hydrogen) atoms. The lowest BCUT2D eigenvalue weighted by Gasteiger charge is -2.04. The zero-order chi connectivity index (χ0) is 10.9. The van der Waals surface area contributed by atoms with Crippen LogP contribution in [0, 0.1) is 5.82 Å². The Hall–Kier alpha value is -0.890. The first-order valence-corrected chi connectivity index (χ1v) is 5.78. The molecule has 0 bridgehead atoms. The lowest BCUT2D eigenvalue weighted by molar-refractivity contribution is 0.596. The van der Waals surface area contributed by atoms with Crippen LogP contribution in [0.25, 0.3) is 0 Å². The van der Waals surface area contributed by atoms with Crippen LogP contribution < -0.4 is 5.32 Å². The quantitative estimate of drug-likeness (QED) is 0.678. The maximum atomic E-state index is 12.6. The Balaban J connectivity index is 2.07. The van der Waals surface area contributed by atoms with Crippen LogP contribution in [0.3, 0.4) is 0 Å². The second kappa shape index (κ2) is 7.41. The Bertz CT molecular complexity index is 256. The number of benzene rings is 1. The van der Waals surface area contributed by atoms with Crippen LogP contribution in [0.4, 0.5) is 4.39 Å². The molecule has 0 saturated carbocycles. The van der Waals surface area contributed by atoms with E-state index in [1.54, 1.807) is 0 Å². The van der Waals surface area contributed by atoms with E-state index in [0.29, 0.717) is 0 Å². The van der Waals surface area contributed by atoms with Gasteiger partial charge in [0.05, 0.1) is 0 Å². The van der Waals surface area contributed by atoms with Gasteiger partial charge in [0.15, 0.2) is 0 Å². The van der Waals surface area contributed by atoms with Gasteiger partial charge in [-0.1, -0.05) is 38.3 Å². The lowest BCUT2D eigenvalue weighted by Crippen LogP contribution is -2.14. The molecule has 0 aliphatic carbocycles. The molecule has 84 valence electrons. The molecule has 0 amide bonds.